The van der Waals surface area contributed by atoms with Crippen LogP contribution < -0.4 is 18.9 Å². The molecular formula is C24H20N2O4. The van der Waals surface area contributed by atoms with Crippen LogP contribution in [0.4, 0.5) is 0 Å². The normalized spacial score (nSPS) is 20.8. The third-order valence-corrected chi connectivity index (χ3v) is 5.81. The van der Waals surface area contributed by atoms with E-state index < -0.39 is 0 Å². The predicted molar refractivity (Wildman–Crippen MR) is 111 cm³/mol. The lowest BCUT2D eigenvalue weighted by Gasteiger charge is -2.38. The lowest BCUT2D eigenvalue weighted by atomic mass is 9.95. The van der Waals surface area contributed by atoms with Crippen LogP contribution in [-0.2, 0) is 0 Å². The van der Waals surface area contributed by atoms with Gasteiger partial charge >= 0.3 is 0 Å². The molecule has 2 atom stereocenters. The second-order valence-electron chi connectivity index (χ2n) is 7.46. The van der Waals surface area contributed by atoms with Crippen LogP contribution in [0.1, 0.15) is 35.4 Å². The monoisotopic (exact) mass is 400 g/mol. The Labute approximate surface area is 174 Å². The Balaban J connectivity index is 1.45. The van der Waals surface area contributed by atoms with Gasteiger partial charge in [-0.15, -0.1) is 0 Å². The first-order chi connectivity index (χ1) is 14.8. The summed E-state index contributed by atoms with van der Waals surface area (Å²) in [6.45, 7) is 0.261. The molecule has 3 aromatic carbocycles. The van der Waals surface area contributed by atoms with Gasteiger partial charge in [0.25, 0.3) is 0 Å². The number of hydrogen-bond acceptors (Lipinski definition) is 6. The lowest BCUT2D eigenvalue weighted by molar-refractivity contribution is -0.0203. The van der Waals surface area contributed by atoms with Gasteiger partial charge in [0.05, 0.1) is 24.4 Å². The zero-order valence-electron chi connectivity index (χ0n) is 16.4. The minimum atomic E-state index is -0.368. The van der Waals surface area contributed by atoms with Crippen LogP contribution >= 0.6 is 0 Å². The molecule has 150 valence electrons. The topological polar surface area (TPSA) is 52.5 Å². The number of hydrogen-bond donors (Lipinski definition) is 0. The molecule has 0 fully saturated rings. The van der Waals surface area contributed by atoms with Gasteiger partial charge in [-0.05, 0) is 36.4 Å². The summed E-state index contributed by atoms with van der Waals surface area (Å²) in [4.78, 5) is 0. The minimum Gasteiger partial charge on any atom is -0.496 e. The van der Waals surface area contributed by atoms with Crippen LogP contribution in [0, 0.1) is 0 Å². The molecule has 0 aliphatic carbocycles. The molecule has 6 rings (SSSR count). The number of para-hydroxylation sites is 2. The number of fused-ring (bicyclic) bond motifs is 4. The molecule has 0 saturated carbocycles. The van der Waals surface area contributed by atoms with E-state index in [1.165, 1.54) is 0 Å². The van der Waals surface area contributed by atoms with Crippen molar-refractivity contribution in [3.8, 4) is 23.0 Å². The van der Waals surface area contributed by atoms with E-state index in [2.05, 4.69) is 11.1 Å². The third-order valence-electron chi connectivity index (χ3n) is 5.81. The second-order valence-corrected chi connectivity index (χ2v) is 7.46. The molecular weight excluding hydrogens is 380 g/mol. The Hall–Kier alpha value is -3.67. The van der Waals surface area contributed by atoms with Crippen molar-refractivity contribution in [3.63, 3.8) is 0 Å². The number of ether oxygens (including phenoxy) is 4. The van der Waals surface area contributed by atoms with Crippen LogP contribution in [0.25, 0.3) is 0 Å². The van der Waals surface area contributed by atoms with E-state index in [0.717, 1.165) is 51.8 Å². The fraction of sp³-hybridized carbons (Fsp3) is 0.208. The number of nitrogens with zero attached hydrogens (tertiary/aromatic N) is 2. The van der Waals surface area contributed by atoms with Gasteiger partial charge in [0.1, 0.15) is 11.5 Å². The molecule has 3 aliphatic heterocycles. The van der Waals surface area contributed by atoms with E-state index in [1.807, 2.05) is 60.7 Å². The molecule has 3 aliphatic rings. The summed E-state index contributed by atoms with van der Waals surface area (Å²) in [7, 11) is 1.68. The van der Waals surface area contributed by atoms with Crippen LogP contribution in [-0.4, -0.2) is 24.6 Å². The summed E-state index contributed by atoms with van der Waals surface area (Å²) >= 11 is 0. The van der Waals surface area contributed by atoms with Crippen LogP contribution in [0.3, 0.4) is 0 Å². The molecule has 6 nitrogen and oxygen atoms in total. The molecule has 0 saturated heterocycles. The van der Waals surface area contributed by atoms with Gasteiger partial charge in [0, 0.05) is 17.5 Å². The first kappa shape index (κ1) is 17.2. The summed E-state index contributed by atoms with van der Waals surface area (Å²) in [6, 6.07) is 22.2. The number of methoxy groups -OCH3 is 1. The van der Waals surface area contributed by atoms with E-state index in [9.17, 15) is 0 Å². The molecule has 3 aromatic rings. The molecule has 0 radical (unpaired) electrons. The second kappa shape index (κ2) is 6.69. The molecule has 0 amide bonds. The van der Waals surface area contributed by atoms with Gasteiger partial charge in [-0.1, -0.05) is 30.3 Å². The molecule has 0 spiro atoms. The van der Waals surface area contributed by atoms with Gasteiger partial charge in [-0.25, -0.2) is 5.01 Å². The van der Waals surface area contributed by atoms with Crippen LogP contribution in [0.2, 0.25) is 0 Å². The van der Waals surface area contributed by atoms with E-state index in [4.69, 9.17) is 24.0 Å². The van der Waals surface area contributed by atoms with E-state index in [-0.39, 0.29) is 19.1 Å². The van der Waals surface area contributed by atoms with Crippen LogP contribution in [0.15, 0.2) is 71.8 Å². The van der Waals surface area contributed by atoms with Gasteiger partial charge in [-0.2, -0.15) is 5.10 Å². The largest absolute Gasteiger partial charge is 0.496 e. The number of hydrazone groups is 1. The maximum absolute atomic E-state index is 6.43. The Bertz CT molecular complexity index is 1160. The average Bonchev–Trinajstić information content (AvgIpc) is 3.45. The summed E-state index contributed by atoms with van der Waals surface area (Å²) in [5.74, 6) is 3.21. The third kappa shape index (κ3) is 2.60. The zero-order chi connectivity index (χ0) is 20.1. The summed E-state index contributed by atoms with van der Waals surface area (Å²) in [6.07, 6.45) is 0.415. The van der Waals surface area contributed by atoms with Gasteiger partial charge in [0.15, 0.2) is 11.5 Å². The highest BCUT2D eigenvalue weighted by molar-refractivity contribution is 6.02. The molecule has 2 unspecified atom stereocenters. The molecule has 0 aromatic heterocycles. The van der Waals surface area contributed by atoms with E-state index in [1.54, 1.807) is 7.11 Å². The zero-order valence-corrected chi connectivity index (χ0v) is 16.4. The predicted octanol–water partition coefficient (Wildman–Crippen LogP) is 4.67. The molecule has 0 N–H and O–H groups in total. The van der Waals surface area contributed by atoms with Crippen molar-refractivity contribution >= 4 is 5.71 Å². The van der Waals surface area contributed by atoms with Gasteiger partial charge in [-0.3, -0.25) is 0 Å². The first-order valence-electron chi connectivity index (χ1n) is 9.96. The van der Waals surface area contributed by atoms with Crippen molar-refractivity contribution in [2.24, 2.45) is 5.10 Å². The van der Waals surface area contributed by atoms with Crippen molar-refractivity contribution in [2.75, 3.05) is 13.9 Å². The fourth-order valence-corrected chi connectivity index (χ4v) is 4.36. The van der Waals surface area contributed by atoms with Crippen molar-refractivity contribution < 1.29 is 18.9 Å². The fourth-order valence-electron chi connectivity index (χ4n) is 4.36. The van der Waals surface area contributed by atoms with Crippen molar-refractivity contribution in [2.45, 2.75) is 18.7 Å². The number of benzene rings is 3. The quantitative estimate of drug-likeness (QED) is 0.640. The Morgan fingerprint density at radius 1 is 0.900 bits per heavy atom. The van der Waals surface area contributed by atoms with Crippen molar-refractivity contribution in [3.05, 3.63) is 83.4 Å². The molecule has 3 heterocycles. The van der Waals surface area contributed by atoms with E-state index in [0.29, 0.717) is 0 Å². The van der Waals surface area contributed by atoms with Crippen LogP contribution in [0.5, 0.6) is 23.0 Å². The molecule has 6 heteroatoms. The van der Waals surface area contributed by atoms with E-state index >= 15 is 0 Å². The SMILES string of the molecule is COc1ccccc1C1Oc2ccccc2C2CC(c3ccc4c(c3)OCO4)=NN21. The highest BCUT2D eigenvalue weighted by Crippen LogP contribution is 2.49. The van der Waals surface area contributed by atoms with Gasteiger partial charge in [0.2, 0.25) is 13.0 Å². The summed E-state index contributed by atoms with van der Waals surface area (Å²) in [5, 5.41) is 7.07. The van der Waals surface area contributed by atoms with Gasteiger partial charge < -0.3 is 18.9 Å². The summed E-state index contributed by atoms with van der Waals surface area (Å²) in [5.41, 5.74) is 4.13. The first-order valence-corrected chi connectivity index (χ1v) is 9.96. The standard InChI is InChI=1S/C24H20N2O4/c1-27-20-8-4-3-7-17(20)24-26-19(16-6-2-5-9-21(16)30-24)13-18(25-26)15-10-11-22-23(12-15)29-14-28-22/h2-12,19,24H,13-14H2,1H3. The molecule has 30 heavy (non-hydrogen) atoms. The maximum Gasteiger partial charge on any atom is 0.231 e. The van der Waals surface area contributed by atoms with Crippen molar-refractivity contribution in [1.29, 1.82) is 0 Å². The summed E-state index contributed by atoms with van der Waals surface area (Å²) < 4.78 is 23.1. The highest BCUT2D eigenvalue weighted by Gasteiger charge is 2.41. The number of rotatable bonds is 3. The minimum absolute atomic E-state index is 0.0882. The lowest BCUT2D eigenvalue weighted by Crippen LogP contribution is -2.33. The average molecular weight is 400 g/mol. The smallest absolute Gasteiger partial charge is 0.231 e. The Kier molecular flexibility index (Phi) is 3.84. The highest BCUT2D eigenvalue weighted by atomic mass is 16.7. The maximum atomic E-state index is 6.43. The van der Waals surface area contributed by atoms with Crippen molar-refractivity contribution in [1.82, 2.24) is 5.01 Å². The Morgan fingerprint density at radius 3 is 2.60 bits per heavy atom. The molecule has 0 bridgehead atoms. The Morgan fingerprint density at radius 2 is 1.70 bits per heavy atom.